The first-order valence-corrected chi connectivity index (χ1v) is 7.56. The van der Waals surface area contributed by atoms with E-state index in [1.54, 1.807) is 0 Å². The molecule has 0 aliphatic carbocycles. The van der Waals surface area contributed by atoms with E-state index in [2.05, 4.69) is 20.9 Å². The van der Waals surface area contributed by atoms with Gasteiger partial charge >= 0.3 is 0 Å². The van der Waals surface area contributed by atoms with E-state index in [1.807, 2.05) is 38.4 Å². The number of amides is 1. The molecule has 1 aromatic heterocycles. The molecule has 5 heteroatoms. The van der Waals surface area contributed by atoms with E-state index >= 15 is 0 Å². The van der Waals surface area contributed by atoms with Gasteiger partial charge in [-0.3, -0.25) is 4.79 Å². The molecule has 0 aliphatic heterocycles. The lowest BCUT2D eigenvalue weighted by molar-refractivity contribution is -0.123. The van der Waals surface area contributed by atoms with Crippen LogP contribution in [0.25, 0.3) is 11.0 Å². The molecule has 0 bridgehead atoms. The summed E-state index contributed by atoms with van der Waals surface area (Å²) in [5.41, 5.74) is 8.02. The molecule has 2 atom stereocenters. The number of rotatable bonds is 7. The molecule has 0 radical (unpaired) electrons. The Bertz CT molecular complexity index is 593. The second kappa shape index (κ2) is 7.22. The number of nitrogens with one attached hydrogen (secondary N) is 1. The number of para-hydroxylation sites is 2. The smallest absolute Gasteiger partial charge is 0.237 e. The average Bonchev–Trinajstić information content (AvgIpc) is 2.93. The molecule has 0 aliphatic rings. The highest BCUT2D eigenvalue weighted by atomic mass is 16.2. The van der Waals surface area contributed by atoms with Crippen LogP contribution in [0.4, 0.5) is 0 Å². The SMILES string of the molecule is CC[C@H](C)[C@H](N)C(=O)NCCCn1cnc2ccccc21. The molecule has 2 rings (SSSR count). The zero-order valence-electron chi connectivity index (χ0n) is 12.7. The third-order valence-corrected chi connectivity index (χ3v) is 3.96. The fraction of sp³-hybridized carbons (Fsp3) is 0.500. The third kappa shape index (κ3) is 3.82. The van der Waals surface area contributed by atoms with Crippen LogP contribution in [-0.4, -0.2) is 28.0 Å². The van der Waals surface area contributed by atoms with Gasteiger partial charge in [0.1, 0.15) is 0 Å². The van der Waals surface area contributed by atoms with E-state index in [-0.39, 0.29) is 11.8 Å². The number of nitrogens with zero attached hydrogens (tertiary/aromatic N) is 2. The first kappa shape index (κ1) is 15.5. The van der Waals surface area contributed by atoms with Crippen LogP contribution in [0.5, 0.6) is 0 Å². The topological polar surface area (TPSA) is 72.9 Å². The summed E-state index contributed by atoms with van der Waals surface area (Å²) in [5, 5.41) is 2.91. The Kier molecular flexibility index (Phi) is 5.33. The van der Waals surface area contributed by atoms with E-state index in [9.17, 15) is 4.79 Å². The Morgan fingerprint density at radius 3 is 2.95 bits per heavy atom. The highest BCUT2D eigenvalue weighted by molar-refractivity contribution is 5.81. The van der Waals surface area contributed by atoms with Crippen molar-refractivity contribution in [3.05, 3.63) is 30.6 Å². The highest BCUT2D eigenvalue weighted by Crippen LogP contribution is 2.12. The van der Waals surface area contributed by atoms with Crippen molar-refractivity contribution >= 4 is 16.9 Å². The predicted molar refractivity (Wildman–Crippen MR) is 84.8 cm³/mol. The lowest BCUT2D eigenvalue weighted by Gasteiger charge is -2.17. The minimum atomic E-state index is -0.413. The average molecular weight is 288 g/mol. The number of carbonyl (C=O) groups excluding carboxylic acids is 1. The Labute approximate surface area is 125 Å². The number of aryl methyl sites for hydroxylation is 1. The minimum absolute atomic E-state index is 0.0557. The van der Waals surface area contributed by atoms with Crippen molar-refractivity contribution in [1.29, 1.82) is 0 Å². The normalized spacial score (nSPS) is 14.0. The monoisotopic (exact) mass is 288 g/mol. The number of fused-ring (bicyclic) bond motifs is 1. The lowest BCUT2D eigenvalue weighted by atomic mass is 9.99. The van der Waals surface area contributed by atoms with E-state index in [0.29, 0.717) is 6.54 Å². The first-order valence-electron chi connectivity index (χ1n) is 7.56. The molecule has 114 valence electrons. The van der Waals surface area contributed by atoms with Crippen LogP contribution in [0.3, 0.4) is 0 Å². The van der Waals surface area contributed by atoms with Gasteiger partial charge in [-0.05, 0) is 24.5 Å². The Morgan fingerprint density at radius 2 is 2.19 bits per heavy atom. The zero-order chi connectivity index (χ0) is 15.2. The van der Waals surface area contributed by atoms with Crippen LogP contribution in [0.2, 0.25) is 0 Å². The van der Waals surface area contributed by atoms with E-state index in [1.165, 1.54) is 0 Å². The van der Waals surface area contributed by atoms with Crippen molar-refractivity contribution in [3.63, 3.8) is 0 Å². The number of benzene rings is 1. The van der Waals surface area contributed by atoms with Crippen molar-refractivity contribution in [3.8, 4) is 0 Å². The molecule has 2 aromatic rings. The molecule has 21 heavy (non-hydrogen) atoms. The number of imidazole rings is 1. The van der Waals surface area contributed by atoms with Gasteiger partial charge in [-0.15, -0.1) is 0 Å². The second-order valence-electron chi connectivity index (χ2n) is 5.48. The van der Waals surface area contributed by atoms with E-state index < -0.39 is 6.04 Å². The van der Waals surface area contributed by atoms with Crippen LogP contribution < -0.4 is 11.1 Å². The molecule has 0 saturated heterocycles. The van der Waals surface area contributed by atoms with E-state index in [4.69, 9.17) is 5.73 Å². The maximum atomic E-state index is 11.9. The molecule has 0 unspecified atom stereocenters. The maximum Gasteiger partial charge on any atom is 0.237 e. The van der Waals surface area contributed by atoms with Gasteiger partial charge in [0.25, 0.3) is 0 Å². The van der Waals surface area contributed by atoms with Gasteiger partial charge in [0.2, 0.25) is 5.91 Å². The number of aromatic nitrogens is 2. The quantitative estimate of drug-likeness (QED) is 0.764. The maximum absolute atomic E-state index is 11.9. The number of hydrogen-bond donors (Lipinski definition) is 2. The molecule has 1 heterocycles. The molecule has 3 N–H and O–H groups in total. The summed E-state index contributed by atoms with van der Waals surface area (Å²) in [6, 6.07) is 7.63. The summed E-state index contributed by atoms with van der Waals surface area (Å²) in [4.78, 5) is 16.2. The largest absolute Gasteiger partial charge is 0.355 e. The van der Waals surface area contributed by atoms with Gasteiger partial charge < -0.3 is 15.6 Å². The molecular weight excluding hydrogens is 264 g/mol. The van der Waals surface area contributed by atoms with Gasteiger partial charge in [0.15, 0.2) is 0 Å². The summed E-state index contributed by atoms with van der Waals surface area (Å²) in [6.07, 6.45) is 3.62. The van der Waals surface area contributed by atoms with Crippen LogP contribution >= 0.6 is 0 Å². The number of hydrogen-bond acceptors (Lipinski definition) is 3. The zero-order valence-corrected chi connectivity index (χ0v) is 12.7. The van der Waals surface area contributed by atoms with Crippen molar-refractivity contribution in [2.45, 2.75) is 39.3 Å². The summed E-state index contributed by atoms with van der Waals surface area (Å²) < 4.78 is 2.11. The van der Waals surface area contributed by atoms with Gasteiger partial charge in [-0.1, -0.05) is 32.4 Å². The molecule has 0 fully saturated rings. The van der Waals surface area contributed by atoms with Crippen molar-refractivity contribution in [2.75, 3.05) is 6.54 Å². The fourth-order valence-electron chi connectivity index (χ4n) is 2.28. The fourth-order valence-corrected chi connectivity index (χ4v) is 2.28. The number of nitrogens with two attached hydrogens (primary N) is 1. The minimum Gasteiger partial charge on any atom is -0.355 e. The van der Waals surface area contributed by atoms with Crippen LogP contribution in [-0.2, 0) is 11.3 Å². The first-order chi connectivity index (χ1) is 10.1. The Morgan fingerprint density at radius 1 is 1.43 bits per heavy atom. The molecule has 0 saturated carbocycles. The summed E-state index contributed by atoms with van der Waals surface area (Å²) in [5.74, 6) is 0.155. The Hall–Kier alpha value is -1.88. The standard InChI is InChI=1S/C16H24N4O/c1-3-12(2)15(17)16(21)18-9-6-10-20-11-19-13-7-4-5-8-14(13)20/h4-5,7-8,11-12,15H,3,6,9-10,17H2,1-2H3,(H,18,21)/t12-,15-/m0/s1. The summed E-state index contributed by atoms with van der Waals surface area (Å²) >= 11 is 0. The van der Waals surface area contributed by atoms with Gasteiger partial charge in [-0.25, -0.2) is 4.98 Å². The van der Waals surface area contributed by atoms with Gasteiger partial charge in [0.05, 0.1) is 23.4 Å². The Balaban J connectivity index is 1.78. The predicted octanol–water partition coefficient (Wildman–Crippen LogP) is 1.92. The van der Waals surface area contributed by atoms with Gasteiger partial charge in [0, 0.05) is 13.1 Å². The third-order valence-electron chi connectivity index (χ3n) is 3.96. The molecular formula is C16H24N4O. The molecule has 0 spiro atoms. The lowest BCUT2D eigenvalue weighted by Crippen LogP contribution is -2.44. The van der Waals surface area contributed by atoms with Crippen LogP contribution in [0.1, 0.15) is 26.7 Å². The molecule has 1 aromatic carbocycles. The van der Waals surface area contributed by atoms with Crippen molar-refractivity contribution in [2.24, 2.45) is 11.7 Å². The van der Waals surface area contributed by atoms with Crippen molar-refractivity contribution < 1.29 is 4.79 Å². The number of carbonyl (C=O) groups is 1. The van der Waals surface area contributed by atoms with E-state index in [0.717, 1.165) is 30.4 Å². The molecule has 1 amide bonds. The van der Waals surface area contributed by atoms with Crippen LogP contribution in [0, 0.1) is 5.92 Å². The summed E-state index contributed by atoms with van der Waals surface area (Å²) in [7, 11) is 0. The summed E-state index contributed by atoms with van der Waals surface area (Å²) in [6.45, 7) is 5.51. The van der Waals surface area contributed by atoms with Crippen LogP contribution in [0.15, 0.2) is 30.6 Å². The second-order valence-corrected chi connectivity index (χ2v) is 5.48. The highest BCUT2D eigenvalue weighted by Gasteiger charge is 2.18. The van der Waals surface area contributed by atoms with Crippen molar-refractivity contribution in [1.82, 2.24) is 14.9 Å². The molecule has 5 nitrogen and oxygen atoms in total. The van der Waals surface area contributed by atoms with Gasteiger partial charge in [-0.2, -0.15) is 0 Å².